The fourth-order valence-corrected chi connectivity index (χ4v) is 2.88. The zero-order valence-electron chi connectivity index (χ0n) is 15.1. The first-order chi connectivity index (χ1) is 13.3. The molecule has 4 aromatic rings. The molecule has 0 bridgehead atoms. The van der Waals surface area contributed by atoms with Gasteiger partial charge in [-0.2, -0.15) is 10.1 Å². The Labute approximate surface area is 156 Å². The van der Waals surface area contributed by atoms with Crippen molar-refractivity contribution in [2.24, 2.45) is 0 Å². The van der Waals surface area contributed by atoms with Crippen molar-refractivity contribution >= 4 is 17.0 Å². The smallest absolute Gasteiger partial charge is 0.224 e. The Kier molecular flexibility index (Phi) is 4.57. The first kappa shape index (κ1) is 16.8. The zero-order valence-corrected chi connectivity index (χ0v) is 15.1. The lowest BCUT2D eigenvalue weighted by Crippen LogP contribution is -2.05. The summed E-state index contributed by atoms with van der Waals surface area (Å²) in [5, 5.41) is 11.5. The number of aromatic nitrogens is 4. The Morgan fingerprint density at radius 1 is 1.04 bits per heavy atom. The molecule has 7 nitrogen and oxygen atoms in total. The number of nitrogens with zero attached hydrogens (tertiary/aromatic N) is 3. The fourth-order valence-electron chi connectivity index (χ4n) is 2.88. The quantitative estimate of drug-likeness (QED) is 0.545. The van der Waals surface area contributed by atoms with Gasteiger partial charge in [0.1, 0.15) is 17.2 Å². The molecule has 2 heterocycles. The monoisotopic (exact) mass is 361 g/mol. The molecular formula is C20H19N5O2. The molecule has 0 aliphatic carbocycles. The van der Waals surface area contributed by atoms with Crippen LogP contribution < -0.4 is 14.8 Å². The van der Waals surface area contributed by atoms with Gasteiger partial charge in [-0.3, -0.25) is 5.10 Å². The van der Waals surface area contributed by atoms with E-state index in [0.29, 0.717) is 18.1 Å². The highest BCUT2D eigenvalue weighted by Gasteiger charge is 2.11. The number of ether oxygens (including phenoxy) is 2. The molecule has 0 atom stereocenters. The van der Waals surface area contributed by atoms with Gasteiger partial charge in [-0.25, -0.2) is 4.98 Å². The molecule has 136 valence electrons. The second-order valence-corrected chi connectivity index (χ2v) is 5.93. The zero-order chi connectivity index (χ0) is 18.6. The summed E-state index contributed by atoms with van der Waals surface area (Å²) in [6, 6.07) is 15.7. The van der Waals surface area contributed by atoms with Crippen molar-refractivity contribution in [3.63, 3.8) is 0 Å². The third-order valence-electron chi connectivity index (χ3n) is 4.30. The molecule has 4 rings (SSSR count). The Hall–Kier alpha value is -3.61. The highest BCUT2D eigenvalue weighted by molar-refractivity contribution is 5.90. The molecule has 0 amide bonds. The largest absolute Gasteiger partial charge is 0.497 e. The van der Waals surface area contributed by atoms with Crippen molar-refractivity contribution in [3.8, 4) is 22.8 Å². The molecule has 0 unspecified atom stereocenters. The van der Waals surface area contributed by atoms with Gasteiger partial charge in [-0.1, -0.05) is 30.3 Å². The van der Waals surface area contributed by atoms with E-state index in [1.54, 1.807) is 20.4 Å². The SMILES string of the molecule is COc1ccc(CNc2ncc3c(-c4ccccc4)n[nH]c3n2)c(OC)c1. The molecule has 7 heteroatoms. The Morgan fingerprint density at radius 3 is 2.67 bits per heavy atom. The maximum absolute atomic E-state index is 5.42. The first-order valence-electron chi connectivity index (χ1n) is 8.50. The predicted octanol–water partition coefficient (Wildman–Crippen LogP) is 3.65. The van der Waals surface area contributed by atoms with E-state index in [1.165, 1.54) is 0 Å². The first-order valence-corrected chi connectivity index (χ1v) is 8.50. The topological polar surface area (TPSA) is 85.0 Å². The Bertz CT molecular complexity index is 1060. The molecule has 0 fully saturated rings. The summed E-state index contributed by atoms with van der Waals surface area (Å²) in [6.45, 7) is 0.526. The number of benzene rings is 2. The highest BCUT2D eigenvalue weighted by Crippen LogP contribution is 2.27. The minimum Gasteiger partial charge on any atom is -0.497 e. The number of hydrogen-bond acceptors (Lipinski definition) is 6. The highest BCUT2D eigenvalue weighted by atomic mass is 16.5. The van der Waals surface area contributed by atoms with Crippen molar-refractivity contribution in [1.82, 2.24) is 20.2 Å². The molecule has 2 aromatic carbocycles. The van der Waals surface area contributed by atoms with E-state index in [9.17, 15) is 0 Å². The maximum Gasteiger partial charge on any atom is 0.224 e. The van der Waals surface area contributed by atoms with Gasteiger partial charge in [-0.05, 0) is 12.1 Å². The number of rotatable bonds is 6. The van der Waals surface area contributed by atoms with Crippen LogP contribution in [0.3, 0.4) is 0 Å². The number of H-pyrrole nitrogens is 1. The van der Waals surface area contributed by atoms with Gasteiger partial charge >= 0.3 is 0 Å². The summed E-state index contributed by atoms with van der Waals surface area (Å²) in [6.07, 6.45) is 1.78. The van der Waals surface area contributed by atoms with Crippen LogP contribution in [0.25, 0.3) is 22.3 Å². The van der Waals surface area contributed by atoms with Gasteiger partial charge in [0.05, 0.1) is 19.6 Å². The summed E-state index contributed by atoms with van der Waals surface area (Å²) >= 11 is 0. The molecule has 0 saturated carbocycles. The van der Waals surface area contributed by atoms with Crippen molar-refractivity contribution in [2.45, 2.75) is 6.54 Å². The van der Waals surface area contributed by atoms with Crippen molar-refractivity contribution in [1.29, 1.82) is 0 Å². The molecule has 0 saturated heterocycles. The second-order valence-electron chi connectivity index (χ2n) is 5.93. The average Bonchev–Trinajstić information content (AvgIpc) is 3.16. The standard InChI is InChI=1S/C20H19N5O2/c1-26-15-9-8-14(17(10-15)27-2)11-21-20-22-12-16-18(24-25-19(16)23-20)13-6-4-3-5-7-13/h3-10,12H,11H2,1-2H3,(H2,21,22,23,24,25). The predicted molar refractivity (Wildman–Crippen MR) is 104 cm³/mol. The van der Waals surface area contributed by atoms with Crippen LogP contribution in [0.5, 0.6) is 11.5 Å². The molecule has 0 aliphatic rings. The van der Waals surface area contributed by atoms with Crippen LogP contribution in [0.4, 0.5) is 5.95 Å². The van der Waals surface area contributed by atoms with Crippen molar-refractivity contribution in [2.75, 3.05) is 19.5 Å². The molecule has 0 spiro atoms. The minimum absolute atomic E-state index is 0.517. The third-order valence-corrected chi connectivity index (χ3v) is 4.30. The fraction of sp³-hybridized carbons (Fsp3) is 0.150. The maximum atomic E-state index is 5.42. The van der Waals surface area contributed by atoms with Gasteiger partial charge in [-0.15, -0.1) is 0 Å². The number of anilines is 1. The van der Waals surface area contributed by atoms with Crippen LogP contribution in [0.15, 0.2) is 54.7 Å². The number of hydrogen-bond donors (Lipinski definition) is 2. The summed E-state index contributed by atoms with van der Waals surface area (Å²) in [5.74, 6) is 2.01. The summed E-state index contributed by atoms with van der Waals surface area (Å²) < 4.78 is 10.6. The van der Waals surface area contributed by atoms with Crippen LogP contribution in [0.2, 0.25) is 0 Å². The van der Waals surface area contributed by atoms with E-state index in [2.05, 4.69) is 25.5 Å². The van der Waals surface area contributed by atoms with Gasteiger partial charge in [0.25, 0.3) is 0 Å². The van der Waals surface area contributed by atoms with E-state index >= 15 is 0 Å². The van der Waals surface area contributed by atoms with Gasteiger partial charge in [0.15, 0.2) is 5.65 Å². The van der Waals surface area contributed by atoms with E-state index in [0.717, 1.165) is 33.7 Å². The van der Waals surface area contributed by atoms with Gasteiger partial charge in [0, 0.05) is 29.9 Å². The van der Waals surface area contributed by atoms with Gasteiger partial charge < -0.3 is 14.8 Å². The van der Waals surface area contributed by atoms with Crippen molar-refractivity contribution < 1.29 is 9.47 Å². The van der Waals surface area contributed by atoms with Crippen LogP contribution in [-0.4, -0.2) is 34.4 Å². The van der Waals surface area contributed by atoms with E-state index in [1.807, 2.05) is 48.5 Å². The van der Waals surface area contributed by atoms with Crippen molar-refractivity contribution in [3.05, 3.63) is 60.3 Å². The summed E-state index contributed by atoms with van der Waals surface area (Å²) in [7, 11) is 3.26. The van der Waals surface area contributed by atoms with Crippen LogP contribution in [0.1, 0.15) is 5.56 Å². The normalized spacial score (nSPS) is 10.7. The van der Waals surface area contributed by atoms with Gasteiger partial charge in [0.2, 0.25) is 5.95 Å². The van der Waals surface area contributed by atoms with Crippen LogP contribution in [0, 0.1) is 0 Å². The van der Waals surface area contributed by atoms with E-state index in [-0.39, 0.29) is 0 Å². The lowest BCUT2D eigenvalue weighted by atomic mass is 10.1. The summed E-state index contributed by atoms with van der Waals surface area (Å²) in [5.41, 5.74) is 3.54. The number of fused-ring (bicyclic) bond motifs is 1. The molecular weight excluding hydrogens is 342 g/mol. The number of nitrogens with one attached hydrogen (secondary N) is 2. The molecule has 27 heavy (non-hydrogen) atoms. The lowest BCUT2D eigenvalue weighted by Gasteiger charge is -2.11. The molecule has 0 aliphatic heterocycles. The Balaban J connectivity index is 1.55. The lowest BCUT2D eigenvalue weighted by molar-refractivity contribution is 0.391. The van der Waals surface area contributed by atoms with Crippen LogP contribution in [-0.2, 0) is 6.54 Å². The molecule has 2 N–H and O–H groups in total. The van der Waals surface area contributed by atoms with E-state index < -0.39 is 0 Å². The molecule has 2 aromatic heterocycles. The third kappa shape index (κ3) is 3.39. The average molecular weight is 361 g/mol. The van der Waals surface area contributed by atoms with Crippen LogP contribution >= 0.6 is 0 Å². The molecule has 0 radical (unpaired) electrons. The summed E-state index contributed by atoms with van der Waals surface area (Å²) in [4.78, 5) is 8.94. The number of methoxy groups -OCH3 is 2. The number of aromatic amines is 1. The van der Waals surface area contributed by atoms with E-state index in [4.69, 9.17) is 9.47 Å². The minimum atomic E-state index is 0.517. The second kappa shape index (κ2) is 7.33. The Morgan fingerprint density at radius 2 is 1.89 bits per heavy atom.